The Bertz CT molecular complexity index is 1130. The van der Waals surface area contributed by atoms with Crippen molar-refractivity contribution in [2.75, 3.05) is 0 Å². The van der Waals surface area contributed by atoms with Gasteiger partial charge in [0, 0.05) is 16.0 Å². The Kier molecular flexibility index (Phi) is 3.28. The lowest BCUT2D eigenvalue weighted by Gasteiger charge is -2.17. The Balaban J connectivity index is 1.68. The Morgan fingerprint density at radius 3 is 2.92 bits per heavy atom. The molecular formula is C19H22N6S. The lowest BCUT2D eigenvalue weighted by atomic mass is 9.89. The standard InChI is InChI=1S/C19H22N6S/c1-10-5-6-11-13(7-10)26-18-15(11)17-21-16(24-25(17)9-20-18)12-8-14(23-22-12)19(2,3)4/h8-10H,5-7H2,1-4H3,(H,22,23)/t10-/m1/s1. The monoisotopic (exact) mass is 366 g/mol. The molecule has 4 aromatic rings. The zero-order chi connectivity index (χ0) is 18.1. The minimum atomic E-state index is 0.0162. The zero-order valence-corrected chi connectivity index (χ0v) is 16.3. The van der Waals surface area contributed by atoms with Gasteiger partial charge in [0.1, 0.15) is 16.9 Å². The number of rotatable bonds is 1. The summed E-state index contributed by atoms with van der Waals surface area (Å²) in [6.07, 6.45) is 5.26. The second-order valence-corrected chi connectivity index (χ2v) is 9.48. The molecule has 26 heavy (non-hydrogen) atoms. The van der Waals surface area contributed by atoms with Crippen LogP contribution in [0.4, 0.5) is 0 Å². The molecule has 0 unspecified atom stereocenters. The number of aryl methyl sites for hydroxylation is 1. The summed E-state index contributed by atoms with van der Waals surface area (Å²) in [7, 11) is 0. The van der Waals surface area contributed by atoms with E-state index in [4.69, 9.17) is 4.98 Å². The van der Waals surface area contributed by atoms with Gasteiger partial charge in [-0.15, -0.1) is 16.4 Å². The molecule has 1 aliphatic rings. The van der Waals surface area contributed by atoms with Crippen molar-refractivity contribution in [2.24, 2.45) is 5.92 Å². The largest absolute Gasteiger partial charge is 0.281 e. The smallest absolute Gasteiger partial charge is 0.202 e. The molecule has 0 aromatic carbocycles. The number of fused-ring (bicyclic) bond motifs is 5. The van der Waals surface area contributed by atoms with Crippen LogP contribution < -0.4 is 0 Å². The van der Waals surface area contributed by atoms with Crippen LogP contribution in [0.2, 0.25) is 0 Å². The Labute approximate surface area is 155 Å². The highest BCUT2D eigenvalue weighted by atomic mass is 32.1. The molecular weight excluding hydrogens is 344 g/mol. The molecule has 6 nitrogen and oxygen atoms in total. The quantitative estimate of drug-likeness (QED) is 0.549. The van der Waals surface area contributed by atoms with E-state index in [0.717, 1.165) is 40.6 Å². The minimum absolute atomic E-state index is 0.0162. The maximum atomic E-state index is 4.84. The number of H-pyrrole nitrogens is 1. The number of hydrogen-bond donors (Lipinski definition) is 1. The van der Waals surface area contributed by atoms with Gasteiger partial charge in [0.15, 0.2) is 5.65 Å². The summed E-state index contributed by atoms with van der Waals surface area (Å²) in [5.74, 6) is 1.40. The van der Waals surface area contributed by atoms with E-state index in [1.54, 1.807) is 10.8 Å². The molecule has 1 aliphatic carbocycles. The Hall–Kier alpha value is -2.28. The summed E-state index contributed by atoms with van der Waals surface area (Å²) in [5, 5.41) is 13.4. The average molecular weight is 366 g/mol. The number of nitrogens with zero attached hydrogens (tertiary/aromatic N) is 5. The van der Waals surface area contributed by atoms with Gasteiger partial charge in [0.25, 0.3) is 0 Å². The third kappa shape index (κ3) is 2.37. The first kappa shape index (κ1) is 15.9. The van der Waals surface area contributed by atoms with E-state index in [2.05, 4.69) is 48.0 Å². The van der Waals surface area contributed by atoms with E-state index < -0.39 is 0 Å². The second-order valence-electron chi connectivity index (χ2n) is 8.40. The van der Waals surface area contributed by atoms with Crippen LogP contribution in [-0.4, -0.2) is 29.8 Å². The first-order valence-electron chi connectivity index (χ1n) is 9.12. The molecule has 0 aliphatic heterocycles. The highest BCUT2D eigenvalue weighted by molar-refractivity contribution is 7.19. The van der Waals surface area contributed by atoms with Gasteiger partial charge in [-0.1, -0.05) is 27.7 Å². The molecule has 1 atom stereocenters. The molecule has 7 heteroatoms. The van der Waals surface area contributed by atoms with Crippen molar-refractivity contribution in [3.8, 4) is 11.5 Å². The summed E-state index contributed by atoms with van der Waals surface area (Å²) < 4.78 is 1.80. The van der Waals surface area contributed by atoms with Crippen LogP contribution in [0.5, 0.6) is 0 Å². The SMILES string of the molecule is C[C@@H]1CCc2c(sc3ncn4nc(-c5cc(C(C)(C)C)[nH]n5)nc4c23)C1. The molecule has 0 saturated carbocycles. The van der Waals surface area contributed by atoms with Gasteiger partial charge < -0.3 is 0 Å². The van der Waals surface area contributed by atoms with Crippen LogP contribution in [-0.2, 0) is 18.3 Å². The first-order chi connectivity index (χ1) is 12.4. The summed E-state index contributed by atoms with van der Waals surface area (Å²) >= 11 is 1.82. The van der Waals surface area contributed by atoms with Crippen molar-refractivity contribution in [2.45, 2.75) is 52.4 Å². The van der Waals surface area contributed by atoms with Gasteiger partial charge in [0.2, 0.25) is 5.82 Å². The number of thiophene rings is 1. The maximum Gasteiger partial charge on any atom is 0.202 e. The summed E-state index contributed by atoms with van der Waals surface area (Å²) in [4.78, 5) is 12.0. The fraction of sp³-hybridized carbons (Fsp3) is 0.474. The predicted octanol–water partition coefficient (Wildman–Crippen LogP) is 4.15. The van der Waals surface area contributed by atoms with Crippen molar-refractivity contribution in [3.63, 3.8) is 0 Å². The summed E-state index contributed by atoms with van der Waals surface area (Å²) in [5.41, 5.74) is 4.21. The van der Waals surface area contributed by atoms with Crippen molar-refractivity contribution in [1.29, 1.82) is 0 Å². The molecule has 0 amide bonds. The van der Waals surface area contributed by atoms with E-state index in [1.165, 1.54) is 22.2 Å². The van der Waals surface area contributed by atoms with Crippen LogP contribution in [0.3, 0.4) is 0 Å². The number of hydrogen-bond acceptors (Lipinski definition) is 5. The van der Waals surface area contributed by atoms with Crippen LogP contribution in [0.25, 0.3) is 27.4 Å². The normalized spacial score (nSPS) is 17.9. The predicted molar refractivity (Wildman–Crippen MR) is 104 cm³/mol. The third-order valence-electron chi connectivity index (χ3n) is 5.25. The Morgan fingerprint density at radius 1 is 1.31 bits per heavy atom. The van der Waals surface area contributed by atoms with E-state index >= 15 is 0 Å². The highest BCUT2D eigenvalue weighted by Gasteiger charge is 2.24. The van der Waals surface area contributed by atoms with Crippen molar-refractivity contribution in [3.05, 3.63) is 28.5 Å². The number of aromatic amines is 1. The van der Waals surface area contributed by atoms with Crippen molar-refractivity contribution in [1.82, 2.24) is 29.8 Å². The first-order valence-corrected chi connectivity index (χ1v) is 9.93. The Morgan fingerprint density at radius 2 is 2.15 bits per heavy atom. The molecule has 0 radical (unpaired) electrons. The molecule has 4 heterocycles. The lowest BCUT2D eigenvalue weighted by Crippen LogP contribution is -2.11. The van der Waals surface area contributed by atoms with Gasteiger partial charge >= 0.3 is 0 Å². The van der Waals surface area contributed by atoms with Crippen LogP contribution in [0.1, 0.15) is 50.3 Å². The molecule has 1 N–H and O–H groups in total. The number of nitrogens with one attached hydrogen (secondary N) is 1. The van der Waals surface area contributed by atoms with E-state index in [9.17, 15) is 0 Å². The van der Waals surface area contributed by atoms with Crippen LogP contribution >= 0.6 is 11.3 Å². The van der Waals surface area contributed by atoms with Gasteiger partial charge in [-0.25, -0.2) is 14.5 Å². The second kappa shape index (κ2) is 5.36. The molecule has 0 bridgehead atoms. The van der Waals surface area contributed by atoms with E-state index in [0.29, 0.717) is 5.82 Å². The fourth-order valence-electron chi connectivity index (χ4n) is 3.67. The van der Waals surface area contributed by atoms with Crippen LogP contribution in [0, 0.1) is 5.92 Å². The van der Waals surface area contributed by atoms with Gasteiger partial charge in [-0.3, -0.25) is 5.10 Å². The number of aromatic nitrogens is 6. The topological polar surface area (TPSA) is 71.8 Å². The molecule has 0 spiro atoms. The van der Waals surface area contributed by atoms with E-state index in [1.807, 2.05) is 17.4 Å². The zero-order valence-electron chi connectivity index (χ0n) is 15.5. The van der Waals surface area contributed by atoms with E-state index in [-0.39, 0.29) is 5.41 Å². The van der Waals surface area contributed by atoms with Gasteiger partial charge in [-0.2, -0.15) is 5.10 Å². The average Bonchev–Trinajstić information content (AvgIpc) is 3.28. The molecule has 4 aromatic heterocycles. The molecule has 134 valence electrons. The van der Waals surface area contributed by atoms with Gasteiger partial charge in [-0.05, 0) is 36.8 Å². The lowest BCUT2D eigenvalue weighted by molar-refractivity contribution is 0.509. The van der Waals surface area contributed by atoms with Crippen LogP contribution in [0.15, 0.2) is 12.4 Å². The highest BCUT2D eigenvalue weighted by Crippen LogP contribution is 2.38. The fourth-order valence-corrected chi connectivity index (χ4v) is 5.01. The molecule has 5 rings (SSSR count). The van der Waals surface area contributed by atoms with Crippen molar-refractivity contribution >= 4 is 27.2 Å². The third-order valence-corrected chi connectivity index (χ3v) is 6.41. The van der Waals surface area contributed by atoms with Gasteiger partial charge in [0.05, 0.1) is 5.39 Å². The molecule has 0 saturated heterocycles. The maximum absolute atomic E-state index is 4.84. The molecule has 0 fully saturated rings. The summed E-state index contributed by atoms with van der Waals surface area (Å²) in [6.45, 7) is 8.81. The minimum Gasteiger partial charge on any atom is -0.281 e. The summed E-state index contributed by atoms with van der Waals surface area (Å²) in [6, 6.07) is 2.05. The van der Waals surface area contributed by atoms with Crippen molar-refractivity contribution < 1.29 is 0 Å².